The molecule has 3 saturated heterocycles. The van der Waals surface area contributed by atoms with Gasteiger partial charge < -0.3 is 52.5 Å². The predicted octanol–water partition coefficient (Wildman–Crippen LogP) is 1.66. The third-order valence-electron chi connectivity index (χ3n) is 9.59. The quantitative estimate of drug-likeness (QED) is 0.227. The van der Waals surface area contributed by atoms with Crippen molar-refractivity contribution in [2.75, 3.05) is 19.8 Å². The minimum Gasteiger partial charge on any atom is -0.463 e. The molecule has 0 spiro atoms. The summed E-state index contributed by atoms with van der Waals surface area (Å²) in [6.07, 6.45) is -10.7. The van der Waals surface area contributed by atoms with Gasteiger partial charge in [-0.1, -0.05) is 34.6 Å². The second kappa shape index (κ2) is 17.9. The van der Waals surface area contributed by atoms with Crippen LogP contribution >= 0.6 is 0 Å². The van der Waals surface area contributed by atoms with E-state index in [9.17, 15) is 29.1 Å². The lowest BCUT2D eigenvalue weighted by Gasteiger charge is -2.50. The highest BCUT2D eigenvalue weighted by Crippen LogP contribution is 2.40. The van der Waals surface area contributed by atoms with Crippen LogP contribution in [0, 0.1) is 29.6 Å². The fourth-order valence-electron chi connectivity index (χ4n) is 6.33. The van der Waals surface area contributed by atoms with E-state index in [4.69, 9.17) is 47.4 Å². The van der Waals surface area contributed by atoms with Crippen molar-refractivity contribution in [3.63, 3.8) is 0 Å². The second-order valence-corrected chi connectivity index (χ2v) is 13.2. The first kappa shape index (κ1) is 40.5. The Labute approximate surface area is 286 Å². The molecule has 3 aliphatic heterocycles. The molecule has 0 amide bonds. The van der Waals surface area contributed by atoms with Gasteiger partial charge in [0.15, 0.2) is 31.1 Å². The summed E-state index contributed by atoms with van der Waals surface area (Å²) in [5.41, 5.74) is 0. The first-order chi connectivity index (χ1) is 22.9. The molecule has 49 heavy (non-hydrogen) atoms. The van der Waals surface area contributed by atoms with Crippen LogP contribution in [0.3, 0.4) is 0 Å². The van der Waals surface area contributed by atoms with E-state index in [2.05, 4.69) is 0 Å². The minimum atomic E-state index is -1.69. The average Bonchev–Trinajstić information content (AvgIpc) is 3.00. The fourth-order valence-corrected chi connectivity index (χ4v) is 6.33. The highest BCUT2D eigenvalue weighted by Gasteiger charge is 2.53. The first-order valence-corrected chi connectivity index (χ1v) is 16.6. The Bertz CT molecular complexity index is 1160. The van der Waals surface area contributed by atoms with Crippen LogP contribution in [-0.4, -0.2) is 116 Å². The Morgan fingerprint density at radius 1 is 0.469 bits per heavy atom. The van der Waals surface area contributed by atoms with Crippen molar-refractivity contribution < 1.29 is 76.4 Å². The SMILES string of the molecule is CC(=O)OCC1O[C@@H](O[C@@H]2C(O[C@@H]3O[C@@H](COC(C)=O)[C@@H](C)C(C)C3OC(C)=O)C(O)OC(COC(C)=O)[C@H]2C)C(OC(C)=O)[C@@H](C)[C@@H]1C. The molecule has 7 unspecified atom stereocenters. The molecular weight excluding hydrogens is 652 g/mol. The van der Waals surface area contributed by atoms with Crippen molar-refractivity contribution in [2.24, 2.45) is 29.6 Å². The third kappa shape index (κ3) is 10.8. The summed E-state index contributed by atoms with van der Waals surface area (Å²) < 4.78 is 58.3. The highest BCUT2D eigenvalue weighted by atomic mass is 16.8. The molecule has 0 aromatic heterocycles. The van der Waals surface area contributed by atoms with Crippen molar-refractivity contribution in [2.45, 2.75) is 131 Å². The zero-order chi connectivity index (χ0) is 36.7. The molecule has 0 radical (unpaired) electrons. The van der Waals surface area contributed by atoms with Crippen LogP contribution in [0.15, 0.2) is 0 Å². The molecule has 280 valence electrons. The van der Waals surface area contributed by atoms with E-state index in [-0.39, 0.29) is 43.5 Å². The van der Waals surface area contributed by atoms with E-state index in [1.165, 1.54) is 34.6 Å². The largest absolute Gasteiger partial charge is 0.463 e. The normalized spacial score (nSPS) is 39.3. The second-order valence-electron chi connectivity index (χ2n) is 13.2. The zero-order valence-electron chi connectivity index (χ0n) is 29.9. The number of ether oxygens (including phenoxy) is 10. The molecule has 0 saturated carbocycles. The molecule has 15 atom stereocenters. The van der Waals surface area contributed by atoms with Crippen molar-refractivity contribution in [1.29, 1.82) is 0 Å². The lowest BCUT2D eigenvalue weighted by Crippen LogP contribution is -2.63. The zero-order valence-corrected chi connectivity index (χ0v) is 29.9. The number of carbonyl (C=O) groups is 5. The van der Waals surface area contributed by atoms with Crippen molar-refractivity contribution >= 4 is 29.8 Å². The smallest absolute Gasteiger partial charge is 0.303 e. The van der Waals surface area contributed by atoms with Gasteiger partial charge in [0.1, 0.15) is 25.9 Å². The maximum Gasteiger partial charge on any atom is 0.303 e. The molecule has 1 N–H and O–H groups in total. The van der Waals surface area contributed by atoms with Crippen molar-refractivity contribution in [1.82, 2.24) is 0 Å². The topological polar surface area (TPSA) is 198 Å². The Morgan fingerprint density at radius 3 is 1.16 bits per heavy atom. The molecule has 3 aliphatic rings. The van der Waals surface area contributed by atoms with Gasteiger partial charge in [-0.25, -0.2) is 0 Å². The van der Waals surface area contributed by atoms with Crippen LogP contribution in [0.5, 0.6) is 0 Å². The van der Waals surface area contributed by atoms with Crippen molar-refractivity contribution in [3.8, 4) is 0 Å². The summed E-state index contributed by atoms with van der Waals surface area (Å²) in [5, 5.41) is 11.4. The summed E-state index contributed by atoms with van der Waals surface area (Å²) in [4.78, 5) is 59.3. The van der Waals surface area contributed by atoms with E-state index in [0.717, 1.165) is 0 Å². The Balaban J connectivity index is 2.01. The number of hydrogen-bond acceptors (Lipinski definition) is 16. The Morgan fingerprint density at radius 2 is 0.816 bits per heavy atom. The molecule has 0 aromatic carbocycles. The molecule has 16 heteroatoms. The molecule has 3 fully saturated rings. The van der Waals surface area contributed by atoms with Crippen LogP contribution in [0.25, 0.3) is 0 Å². The van der Waals surface area contributed by atoms with E-state index in [1.54, 1.807) is 6.92 Å². The van der Waals surface area contributed by atoms with Gasteiger partial charge >= 0.3 is 29.8 Å². The van der Waals surface area contributed by atoms with Gasteiger partial charge in [-0.3, -0.25) is 24.0 Å². The van der Waals surface area contributed by atoms with E-state index < -0.39 is 97.4 Å². The molecule has 0 bridgehead atoms. The van der Waals surface area contributed by atoms with Crippen LogP contribution < -0.4 is 0 Å². The summed E-state index contributed by atoms with van der Waals surface area (Å²) in [6, 6.07) is 0. The van der Waals surface area contributed by atoms with Gasteiger partial charge in [-0.15, -0.1) is 0 Å². The maximum absolute atomic E-state index is 12.2. The van der Waals surface area contributed by atoms with Gasteiger partial charge in [-0.2, -0.15) is 0 Å². The molecule has 16 nitrogen and oxygen atoms in total. The number of hydrogen-bond donors (Lipinski definition) is 1. The molecule has 0 aromatic rings. The van der Waals surface area contributed by atoms with Crippen LogP contribution in [0.2, 0.25) is 0 Å². The Kier molecular flexibility index (Phi) is 14.8. The van der Waals surface area contributed by atoms with E-state index >= 15 is 0 Å². The lowest BCUT2D eigenvalue weighted by molar-refractivity contribution is -0.375. The third-order valence-corrected chi connectivity index (χ3v) is 9.59. The first-order valence-electron chi connectivity index (χ1n) is 16.6. The number of aliphatic hydroxyl groups is 1. The number of esters is 5. The highest BCUT2D eigenvalue weighted by molar-refractivity contribution is 5.67. The summed E-state index contributed by atoms with van der Waals surface area (Å²) in [5.74, 6) is -4.56. The predicted molar refractivity (Wildman–Crippen MR) is 165 cm³/mol. The Hall–Kier alpha value is -2.89. The van der Waals surface area contributed by atoms with Crippen LogP contribution in [-0.2, 0) is 71.3 Å². The van der Waals surface area contributed by atoms with E-state index in [1.807, 2.05) is 27.7 Å². The van der Waals surface area contributed by atoms with E-state index in [0.29, 0.717) is 0 Å². The minimum absolute atomic E-state index is 0.0891. The van der Waals surface area contributed by atoms with Gasteiger partial charge in [0.25, 0.3) is 0 Å². The summed E-state index contributed by atoms with van der Waals surface area (Å²) in [6.45, 7) is 15.0. The lowest BCUT2D eigenvalue weighted by atomic mass is 9.83. The molecular formula is C33H52O16. The summed E-state index contributed by atoms with van der Waals surface area (Å²) >= 11 is 0. The van der Waals surface area contributed by atoms with Crippen molar-refractivity contribution in [3.05, 3.63) is 0 Å². The standard InChI is InChI=1S/C33H52O16/c1-14-16(3)28(43-22(9)37)32(46-24(14)11-40-19(6)34)48-27-18(5)26(13-42-21(8)36)45-31(39)30(27)49-33-29(44-23(10)38)17(4)15(2)25(47-33)12-41-20(7)35/h14-18,24-33,39H,11-13H2,1-10H3/t14-,15-,16-,17?,18+,24?,25-,26?,27-,28?,29?,30?,31?,32-,33-/m0/s1. The summed E-state index contributed by atoms with van der Waals surface area (Å²) in [7, 11) is 0. The monoisotopic (exact) mass is 704 g/mol. The van der Waals surface area contributed by atoms with Crippen LogP contribution in [0.4, 0.5) is 0 Å². The van der Waals surface area contributed by atoms with Gasteiger partial charge in [-0.05, 0) is 11.8 Å². The van der Waals surface area contributed by atoms with Gasteiger partial charge in [0, 0.05) is 52.4 Å². The maximum atomic E-state index is 12.2. The fraction of sp³-hybridized carbons (Fsp3) is 0.848. The number of carbonyl (C=O) groups excluding carboxylic acids is 5. The van der Waals surface area contributed by atoms with Crippen LogP contribution in [0.1, 0.15) is 69.2 Å². The molecule has 3 heterocycles. The number of rotatable bonds is 12. The average molecular weight is 705 g/mol. The number of aliphatic hydroxyl groups excluding tert-OH is 1. The molecule has 3 rings (SSSR count). The van der Waals surface area contributed by atoms with Gasteiger partial charge in [0.05, 0.1) is 24.4 Å². The molecule has 0 aliphatic carbocycles. The van der Waals surface area contributed by atoms with Gasteiger partial charge in [0.2, 0.25) is 0 Å².